The Morgan fingerprint density at radius 3 is 2.68 bits per heavy atom. The van der Waals surface area contributed by atoms with Gasteiger partial charge in [-0.05, 0) is 38.1 Å². The van der Waals surface area contributed by atoms with Gasteiger partial charge in [-0.2, -0.15) is 23.5 Å². The molecule has 28 heavy (non-hydrogen) atoms. The first-order valence-electron chi connectivity index (χ1n) is 8.05. The molecule has 6 nitrogen and oxygen atoms in total. The molecule has 144 valence electrons. The lowest BCUT2D eigenvalue weighted by atomic mass is 10.0. The van der Waals surface area contributed by atoms with Crippen molar-refractivity contribution in [2.45, 2.75) is 26.1 Å². The standard InChI is InChI=1S/C18H13F4N5O/c1-9-5-15(13-6-12(19)4-3-11(13)7-23)26-16-14(8-24-27(9)16)17(28)25-10(2)18(20,21)22/h3-6,8,10H,1-2H3,(H,25,28). The van der Waals surface area contributed by atoms with E-state index in [2.05, 4.69) is 10.1 Å². The Hall–Kier alpha value is -3.48. The van der Waals surface area contributed by atoms with Gasteiger partial charge in [0.25, 0.3) is 5.91 Å². The molecular weight excluding hydrogens is 378 g/mol. The number of benzene rings is 1. The molecule has 1 unspecified atom stereocenters. The largest absolute Gasteiger partial charge is 0.408 e. The van der Waals surface area contributed by atoms with Crippen LogP contribution in [0.4, 0.5) is 17.6 Å². The highest BCUT2D eigenvalue weighted by molar-refractivity contribution is 6.00. The molecular formula is C18H13F4N5O. The first-order valence-corrected chi connectivity index (χ1v) is 8.05. The summed E-state index contributed by atoms with van der Waals surface area (Å²) in [7, 11) is 0. The fourth-order valence-electron chi connectivity index (χ4n) is 2.59. The molecule has 0 spiro atoms. The van der Waals surface area contributed by atoms with Crippen molar-refractivity contribution in [3.8, 4) is 17.3 Å². The molecule has 0 saturated heterocycles. The average Bonchev–Trinajstić information content (AvgIpc) is 3.05. The second-order valence-corrected chi connectivity index (χ2v) is 6.11. The van der Waals surface area contributed by atoms with Crippen LogP contribution in [0.2, 0.25) is 0 Å². The number of nitrogens with one attached hydrogen (secondary N) is 1. The van der Waals surface area contributed by atoms with Gasteiger partial charge >= 0.3 is 6.18 Å². The first kappa shape index (κ1) is 19.3. The summed E-state index contributed by atoms with van der Waals surface area (Å²) in [4.78, 5) is 16.5. The fraction of sp³-hybridized carbons (Fsp3) is 0.222. The molecule has 0 aliphatic carbocycles. The van der Waals surface area contributed by atoms with Gasteiger partial charge in [0.2, 0.25) is 0 Å². The molecule has 1 aromatic carbocycles. The number of aromatic nitrogens is 3. The fourth-order valence-corrected chi connectivity index (χ4v) is 2.59. The summed E-state index contributed by atoms with van der Waals surface area (Å²) in [5.41, 5.74) is 0.875. The van der Waals surface area contributed by atoms with E-state index in [9.17, 15) is 27.6 Å². The van der Waals surface area contributed by atoms with E-state index >= 15 is 0 Å². The second kappa shape index (κ2) is 6.92. The zero-order chi connectivity index (χ0) is 20.6. The Bertz CT molecular complexity index is 1110. The molecule has 2 aromatic heterocycles. The van der Waals surface area contributed by atoms with Crippen LogP contribution in [0.15, 0.2) is 30.5 Å². The van der Waals surface area contributed by atoms with E-state index in [0.29, 0.717) is 5.69 Å². The minimum absolute atomic E-state index is 0.00461. The highest BCUT2D eigenvalue weighted by Gasteiger charge is 2.37. The molecule has 0 radical (unpaired) electrons. The number of aryl methyl sites for hydroxylation is 1. The molecule has 1 amide bonds. The number of hydrogen-bond acceptors (Lipinski definition) is 4. The first-order chi connectivity index (χ1) is 13.1. The highest BCUT2D eigenvalue weighted by Crippen LogP contribution is 2.26. The van der Waals surface area contributed by atoms with Crippen LogP contribution < -0.4 is 5.32 Å². The van der Waals surface area contributed by atoms with Crippen molar-refractivity contribution in [1.29, 1.82) is 5.26 Å². The summed E-state index contributed by atoms with van der Waals surface area (Å²) in [6.07, 6.45) is -3.50. The predicted octanol–water partition coefficient (Wildman–Crippen LogP) is 3.40. The third-order valence-electron chi connectivity index (χ3n) is 4.11. The molecule has 3 aromatic rings. The molecule has 0 aliphatic rings. The third-order valence-corrected chi connectivity index (χ3v) is 4.11. The minimum atomic E-state index is -4.60. The highest BCUT2D eigenvalue weighted by atomic mass is 19.4. The topological polar surface area (TPSA) is 83.1 Å². The van der Waals surface area contributed by atoms with Crippen LogP contribution in [0, 0.1) is 24.1 Å². The van der Waals surface area contributed by atoms with Gasteiger partial charge in [0.1, 0.15) is 17.4 Å². The van der Waals surface area contributed by atoms with Gasteiger partial charge in [-0.3, -0.25) is 4.79 Å². The number of amides is 1. The molecule has 10 heteroatoms. The predicted molar refractivity (Wildman–Crippen MR) is 90.8 cm³/mol. The Morgan fingerprint density at radius 2 is 2.04 bits per heavy atom. The number of halogens is 4. The number of carbonyl (C=O) groups is 1. The van der Waals surface area contributed by atoms with Gasteiger partial charge in [0.15, 0.2) is 5.65 Å². The Kier molecular flexibility index (Phi) is 4.77. The molecule has 0 bridgehead atoms. The summed E-state index contributed by atoms with van der Waals surface area (Å²) < 4.78 is 53.1. The van der Waals surface area contributed by atoms with Crippen LogP contribution in [-0.4, -0.2) is 32.7 Å². The van der Waals surface area contributed by atoms with Crippen molar-refractivity contribution in [3.63, 3.8) is 0 Å². The summed E-state index contributed by atoms with van der Waals surface area (Å²) in [5.74, 6) is -1.58. The summed E-state index contributed by atoms with van der Waals surface area (Å²) in [5, 5.41) is 15.1. The summed E-state index contributed by atoms with van der Waals surface area (Å²) >= 11 is 0. The van der Waals surface area contributed by atoms with Crippen molar-refractivity contribution in [2.75, 3.05) is 0 Å². The summed E-state index contributed by atoms with van der Waals surface area (Å²) in [6, 6.07) is 4.95. The lowest BCUT2D eigenvalue weighted by molar-refractivity contribution is -0.149. The number of fused-ring (bicyclic) bond motifs is 1. The zero-order valence-corrected chi connectivity index (χ0v) is 14.7. The van der Waals surface area contributed by atoms with Crippen LogP contribution in [0.5, 0.6) is 0 Å². The smallest absolute Gasteiger partial charge is 0.340 e. The molecule has 3 rings (SSSR count). The number of hydrogen-bond donors (Lipinski definition) is 1. The van der Waals surface area contributed by atoms with Crippen LogP contribution in [0.1, 0.15) is 28.5 Å². The molecule has 1 N–H and O–H groups in total. The second-order valence-electron chi connectivity index (χ2n) is 6.11. The maximum Gasteiger partial charge on any atom is 0.408 e. The third kappa shape index (κ3) is 3.51. The molecule has 0 fully saturated rings. The number of rotatable bonds is 3. The van der Waals surface area contributed by atoms with E-state index in [-0.39, 0.29) is 28.0 Å². The average molecular weight is 391 g/mol. The van der Waals surface area contributed by atoms with Crippen molar-refractivity contribution >= 4 is 11.6 Å². The quantitative estimate of drug-likeness (QED) is 0.694. The zero-order valence-electron chi connectivity index (χ0n) is 14.7. The monoisotopic (exact) mass is 391 g/mol. The number of carbonyl (C=O) groups excluding carboxylic acids is 1. The van der Waals surface area contributed by atoms with E-state index in [1.807, 2.05) is 11.4 Å². The Balaban J connectivity index is 2.11. The van der Waals surface area contributed by atoms with Crippen molar-refractivity contribution < 1.29 is 22.4 Å². The van der Waals surface area contributed by atoms with E-state index in [4.69, 9.17) is 0 Å². The molecule has 1 atom stereocenters. The number of nitrogens with zero attached hydrogens (tertiary/aromatic N) is 4. The van der Waals surface area contributed by atoms with Gasteiger partial charge < -0.3 is 5.32 Å². The maximum absolute atomic E-state index is 13.7. The van der Waals surface area contributed by atoms with Gasteiger partial charge in [0.05, 0.1) is 23.5 Å². The van der Waals surface area contributed by atoms with Gasteiger partial charge in [-0.1, -0.05) is 0 Å². The van der Waals surface area contributed by atoms with Crippen molar-refractivity contribution in [3.05, 3.63) is 53.1 Å². The molecule has 0 saturated carbocycles. The molecule has 0 aliphatic heterocycles. The van der Waals surface area contributed by atoms with Crippen LogP contribution in [0.3, 0.4) is 0 Å². The van der Waals surface area contributed by atoms with E-state index in [1.165, 1.54) is 16.6 Å². The maximum atomic E-state index is 13.7. The van der Waals surface area contributed by atoms with Crippen molar-refractivity contribution in [1.82, 2.24) is 19.9 Å². The normalized spacial score (nSPS) is 12.6. The van der Waals surface area contributed by atoms with E-state index in [0.717, 1.165) is 25.3 Å². The van der Waals surface area contributed by atoms with Crippen LogP contribution >= 0.6 is 0 Å². The van der Waals surface area contributed by atoms with Gasteiger partial charge in [0, 0.05) is 11.3 Å². The Morgan fingerprint density at radius 1 is 1.32 bits per heavy atom. The lowest BCUT2D eigenvalue weighted by Crippen LogP contribution is -2.43. The van der Waals surface area contributed by atoms with Crippen molar-refractivity contribution in [2.24, 2.45) is 0 Å². The minimum Gasteiger partial charge on any atom is -0.340 e. The van der Waals surface area contributed by atoms with Gasteiger partial charge in [-0.15, -0.1) is 0 Å². The summed E-state index contributed by atoms with van der Waals surface area (Å²) in [6.45, 7) is 2.45. The molecule has 2 heterocycles. The van der Waals surface area contributed by atoms with Crippen LogP contribution in [-0.2, 0) is 0 Å². The Labute approximate surface area is 156 Å². The van der Waals surface area contributed by atoms with E-state index in [1.54, 1.807) is 6.92 Å². The number of nitriles is 1. The lowest BCUT2D eigenvalue weighted by Gasteiger charge is -2.16. The van der Waals surface area contributed by atoms with Gasteiger partial charge in [-0.25, -0.2) is 13.9 Å². The van der Waals surface area contributed by atoms with E-state index < -0.39 is 23.9 Å². The SMILES string of the molecule is Cc1cc(-c2cc(F)ccc2C#N)nc2c(C(=O)NC(C)C(F)(F)F)cnn12. The van der Waals surface area contributed by atoms with Crippen LogP contribution in [0.25, 0.3) is 16.9 Å². The number of alkyl halides is 3.